The van der Waals surface area contributed by atoms with E-state index >= 15 is 0 Å². The van der Waals surface area contributed by atoms with Crippen molar-refractivity contribution >= 4 is 43.7 Å². The van der Waals surface area contributed by atoms with Crippen LogP contribution in [0.1, 0.15) is 26.7 Å². The van der Waals surface area contributed by atoms with E-state index in [1.165, 1.54) is 25.3 Å². The van der Waals surface area contributed by atoms with Crippen LogP contribution in [0.2, 0.25) is 0 Å². The molecule has 0 aliphatic carbocycles. The van der Waals surface area contributed by atoms with Gasteiger partial charge in [0.25, 0.3) is 10.0 Å². The minimum atomic E-state index is -4.25. The summed E-state index contributed by atoms with van der Waals surface area (Å²) in [5.74, 6) is -1.66. The molecule has 0 unspecified atom stereocenters. The van der Waals surface area contributed by atoms with Gasteiger partial charge in [0, 0.05) is 5.39 Å². The van der Waals surface area contributed by atoms with E-state index in [9.17, 15) is 18.0 Å². The van der Waals surface area contributed by atoms with E-state index in [2.05, 4.69) is 9.97 Å². The molecule has 8 nitrogen and oxygen atoms in total. The van der Waals surface area contributed by atoms with Gasteiger partial charge in [-0.25, -0.2) is 22.2 Å². The number of imidazole rings is 1. The number of aromatic nitrogens is 3. The second-order valence-electron chi connectivity index (χ2n) is 7.25. The highest BCUT2D eigenvalue weighted by Crippen LogP contribution is 2.32. The molecular weight excluding hydrogens is 442 g/mol. The summed E-state index contributed by atoms with van der Waals surface area (Å²) in [5, 5.41) is 0.281. The number of carbonyl (C=O) groups excluding carboxylic acids is 2. The Morgan fingerprint density at radius 2 is 1.58 bits per heavy atom. The Labute approximate surface area is 188 Å². The van der Waals surface area contributed by atoms with Crippen molar-refractivity contribution in [2.24, 2.45) is 0 Å². The topological polar surface area (TPSA) is 111 Å². The number of methoxy groups -OCH3 is 1. The molecule has 0 radical (unpaired) electrons. The summed E-state index contributed by atoms with van der Waals surface area (Å²) in [5.41, 5.74) is 0.841. The molecule has 0 amide bonds. The maximum absolute atomic E-state index is 13.7. The molecule has 0 bridgehead atoms. The fourth-order valence-electron chi connectivity index (χ4n) is 3.85. The number of ether oxygens (including phenoxy) is 1. The monoisotopic (exact) mass is 459 g/mol. The van der Waals surface area contributed by atoms with Gasteiger partial charge in [-0.3, -0.25) is 4.79 Å². The zero-order valence-electron chi connectivity index (χ0n) is 17.3. The lowest BCUT2D eigenvalue weighted by molar-refractivity contribution is 0.0599. The number of benzene rings is 3. The van der Waals surface area contributed by atoms with Gasteiger partial charge in [-0.1, -0.05) is 48.5 Å². The molecule has 0 fully saturated rings. The standard InChI is InChI=1S/C24H17N3O5S/c1-32-24(29)20-16-11-5-8-14-19(16)27(33(30,31)15-9-3-2-4-10-15)21(20)22(28)23-25-17-12-6-7-13-18(17)26-23/h2-14H,1H3,(H,25,26). The van der Waals surface area contributed by atoms with E-state index in [-0.39, 0.29) is 32.9 Å². The minimum absolute atomic E-state index is 0.0270. The zero-order chi connectivity index (χ0) is 23.2. The smallest absolute Gasteiger partial charge is 0.340 e. The number of nitrogens with zero attached hydrogens (tertiary/aromatic N) is 2. The average Bonchev–Trinajstić information content (AvgIpc) is 3.43. The molecule has 0 aliphatic rings. The maximum atomic E-state index is 13.7. The lowest BCUT2D eigenvalue weighted by Crippen LogP contribution is -2.22. The normalized spacial score (nSPS) is 11.7. The van der Waals surface area contributed by atoms with Crippen molar-refractivity contribution < 1.29 is 22.7 Å². The molecule has 0 aliphatic heterocycles. The van der Waals surface area contributed by atoms with E-state index in [0.29, 0.717) is 11.0 Å². The van der Waals surface area contributed by atoms with Crippen molar-refractivity contribution in [3.63, 3.8) is 0 Å². The largest absolute Gasteiger partial charge is 0.465 e. The summed E-state index contributed by atoms with van der Waals surface area (Å²) in [6, 6.07) is 21.1. The molecular formula is C24H17N3O5S. The summed E-state index contributed by atoms with van der Waals surface area (Å²) in [6.07, 6.45) is 0. The molecule has 0 atom stereocenters. The third-order valence-electron chi connectivity index (χ3n) is 5.32. The zero-order valence-corrected chi connectivity index (χ0v) is 18.2. The van der Waals surface area contributed by atoms with Crippen LogP contribution in [-0.4, -0.2) is 41.2 Å². The fraction of sp³-hybridized carbons (Fsp3) is 0.0417. The molecule has 0 saturated heterocycles. The number of fused-ring (bicyclic) bond motifs is 2. The molecule has 3 aromatic carbocycles. The van der Waals surface area contributed by atoms with Crippen molar-refractivity contribution in [1.82, 2.24) is 13.9 Å². The summed E-state index contributed by atoms with van der Waals surface area (Å²) in [4.78, 5) is 33.8. The predicted molar refractivity (Wildman–Crippen MR) is 122 cm³/mol. The minimum Gasteiger partial charge on any atom is -0.465 e. The Bertz CT molecular complexity index is 1620. The fourth-order valence-corrected chi connectivity index (χ4v) is 5.39. The summed E-state index contributed by atoms with van der Waals surface area (Å²) >= 11 is 0. The Morgan fingerprint density at radius 1 is 0.909 bits per heavy atom. The van der Waals surface area contributed by atoms with Gasteiger partial charge in [-0.05, 0) is 30.3 Å². The van der Waals surface area contributed by atoms with Gasteiger partial charge in [0.1, 0.15) is 5.69 Å². The number of rotatable bonds is 5. The number of carbonyl (C=O) groups is 2. The number of para-hydroxylation sites is 3. The molecule has 5 aromatic rings. The molecule has 2 aromatic heterocycles. The van der Waals surface area contributed by atoms with E-state index in [1.807, 2.05) is 0 Å². The van der Waals surface area contributed by atoms with Gasteiger partial charge in [0.15, 0.2) is 5.82 Å². The van der Waals surface area contributed by atoms with E-state index < -0.39 is 21.8 Å². The number of esters is 1. The maximum Gasteiger partial charge on any atom is 0.340 e. The number of hydrogen-bond acceptors (Lipinski definition) is 6. The lowest BCUT2D eigenvalue weighted by atomic mass is 10.1. The first-order valence-electron chi connectivity index (χ1n) is 9.95. The Balaban J connectivity index is 1.88. The third kappa shape index (κ3) is 3.21. The Hall–Kier alpha value is -4.24. The Morgan fingerprint density at radius 3 is 2.30 bits per heavy atom. The molecule has 2 heterocycles. The van der Waals surface area contributed by atoms with Crippen LogP contribution in [0.15, 0.2) is 83.8 Å². The second kappa shape index (κ2) is 7.72. The third-order valence-corrected chi connectivity index (χ3v) is 7.05. The molecule has 5 rings (SSSR count). The first kappa shape index (κ1) is 20.7. The quantitative estimate of drug-likeness (QED) is 0.316. The van der Waals surface area contributed by atoms with Gasteiger partial charge in [0.2, 0.25) is 5.78 Å². The number of ketones is 1. The molecule has 164 valence electrons. The van der Waals surface area contributed by atoms with Gasteiger partial charge >= 0.3 is 5.97 Å². The van der Waals surface area contributed by atoms with E-state index in [4.69, 9.17) is 4.74 Å². The Kier molecular flexibility index (Phi) is 4.83. The first-order valence-corrected chi connectivity index (χ1v) is 11.4. The first-order chi connectivity index (χ1) is 15.9. The highest BCUT2D eigenvalue weighted by molar-refractivity contribution is 7.90. The molecule has 33 heavy (non-hydrogen) atoms. The number of nitrogens with one attached hydrogen (secondary N) is 1. The molecule has 1 N–H and O–H groups in total. The van der Waals surface area contributed by atoms with E-state index in [0.717, 1.165) is 3.97 Å². The van der Waals surface area contributed by atoms with Crippen LogP contribution in [0.25, 0.3) is 21.9 Å². The van der Waals surface area contributed by atoms with Crippen LogP contribution in [0.5, 0.6) is 0 Å². The van der Waals surface area contributed by atoms with Crippen LogP contribution < -0.4 is 0 Å². The van der Waals surface area contributed by atoms with Gasteiger partial charge in [0.05, 0.1) is 34.1 Å². The van der Waals surface area contributed by atoms with Crippen LogP contribution in [0.4, 0.5) is 0 Å². The van der Waals surface area contributed by atoms with Crippen molar-refractivity contribution in [3.05, 3.63) is 95.9 Å². The predicted octanol–water partition coefficient (Wildman–Crippen LogP) is 3.77. The SMILES string of the molecule is COC(=O)c1c(C(=O)c2nc3ccccc3[nH]2)n(S(=O)(=O)c2ccccc2)c2ccccc12. The highest BCUT2D eigenvalue weighted by atomic mass is 32.2. The summed E-state index contributed by atoms with van der Waals surface area (Å²) < 4.78 is 33.3. The highest BCUT2D eigenvalue weighted by Gasteiger charge is 2.35. The molecule has 0 saturated carbocycles. The van der Waals surface area contributed by atoms with E-state index in [1.54, 1.807) is 60.7 Å². The van der Waals surface area contributed by atoms with Crippen LogP contribution >= 0.6 is 0 Å². The van der Waals surface area contributed by atoms with Crippen LogP contribution in [0.3, 0.4) is 0 Å². The van der Waals surface area contributed by atoms with Crippen molar-refractivity contribution in [1.29, 1.82) is 0 Å². The second-order valence-corrected chi connectivity index (χ2v) is 9.03. The van der Waals surface area contributed by atoms with Crippen LogP contribution in [-0.2, 0) is 14.8 Å². The lowest BCUT2D eigenvalue weighted by Gasteiger charge is -2.11. The number of aromatic amines is 1. The summed E-state index contributed by atoms with van der Waals surface area (Å²) in [6.45, 7) is 0. The summed E-state index contributed by atoms with van der Waals surface area (Å²) in [7, 11) is -3.08. The number of hydrogen-bond donors (Lipinski definition) is 1. The molecule has 9 heteroatoms. The van der Waals surface area contributed by atoms with Gasteiger partial charge < -0.3 is 9.72 Å². The number of H-pyrrole nitrogens is 1. The van der Waals surface area contributed by atoms with Crippen molar-refractivity contribution in [2.75, 3.05) is 7.11 Å². The van der Waals surface area contributed by atoms with Crippen molar-refractivity contribution in [3.8, 4) is 0 Å². The molecule has 0 spiro atoms. The average molecular weight is 459 g/mol. The van der Waals surface area contributed by atoms with Crippen molar-refractivity contribution in [2.45, 2.75) is 4.90 Å². The van der Waals surface area contributed by atoms with Crippen LogP contribution in [0, 0.1) is 0 Å². The van der Waals surface area contributed by atoms with Gasteiger partial charge in [-0.15, -0.1) is 0 Å². The van der Waals surface area contributed by atoms with Gasteiger partial charge in [-0.2, -0.15) is 0 Å².